The number of nitrogens with one attached hydrogen (secondary N) is 1. The maximum absolute atomic E-state index is 12.7. The molecule has 1 atom stereocenters. The molecule has 138 valence electrons. The predicted molar refractivity (Wildman–Crippen MR) is 102 cm³/mol. The molecular weight excluding hydrogens is 352 g/mol. The van der Waals surface area contributed by atoms with Crippen molar-refractivity contribution < 1.29 is 14.3 Å². The Labute approximate surface area is 158 Å². The van der Waals surface area contributed by atoms with Crippen LogP contribution in [0.4, 0.5) is 0 Å². The summed E-state index contributed by atoms with van der Waals surface area (Å²) in [5.41, 5.74) is 1.96. The Balaban J connectivity index is 2.12. The molecule has 0 saturated carbocycles. The van der Waals surface area contributed by atoms with Gasteiger partial charge in [0.1, 0.15) is 11.8 Å². The van der Waals surface area contributed by atoms with Crippen LogP contribution < -0.4 is 10.1 Å². The predicted octanol–water partition coefficient (Wildman–Crippen LogP) is 3.19. The summed E-state index contributed by atoms with van der Waals surface area (Å²) in [6.07, 6.45) is 0. The molecule has 2 aromatic rings. The molecule has 2 rings (SSSR count). The van der Waals surface area contributed by atoms with Crippen molar-refractivity contribution >= 4 is 23.4 Å². The Morgan fingerprint density at radius 2 is 1.88 bits per heavy atom. The molecule has 0 bridgehead atoms. The van der Waals surface area contributed by atoms with Crippen molar-refractivity contribution in [1.82, 2.24) is 10.2 Å². The molecule has 2 amide bonds. The van der Waals surface area contributed by atoms with E-state index in [9.17, 15) is 9.59 Å². The maximum atomic E-state index is 12.7. The molecule has 0 heterocycles. The van der Waals surface area contributed by atoms with E-state index in [2.05, 4.69) is 5.32 Å². The Morgan fingerprint density at radius 1 is 1.19 bits per heavy atom. The molecule has 2 aromatic carbocycles. The number of rotatable bonds is 7. The summed E-state index contributed by atoms with van der Waals surface area (Å²) < 4.78 is 5.58. The van der Waals surface area contributed by atoms with Gasteiger partial charge in [-0.3, -0.25) is 9.59 Å². The minimum atomic E-state index is -0.631. The number of hydrogen-bond donors (Lipinski definition) is 1. The van der Waals surface area contributed by atoms with Crippen LogP contribution in [0.5, 0.6) is 5.75 Å². The summed E-state index contributed by atoms with van der Waals surface area (Å²) in [7, 11) is 1.55. The number of halogens is 1. The van der Waals surface area contributed by atoms with E-state index in [1.165, 1.54) is 4.90 Å². The molecule has 0 spiro atoms. The molecule has 0 aromatic heterocycles. The third-order valence-corrected chi connectivity index (χ3v) is 4.27. The van der Waals surface area contributed by atoms with Gasteiger partial charge in [-0.2, -0.15) is 0 Å². The van der Waals surface area contributed by atoms with Crippen LogP contribution in [0.15, 0.2) is 48.5 Å². The molecule has 0 unspecified atom stereocenters. The van der Waals surface area contributed by atoms with E-state index < -0.39 is 6.04 Å². The highest BCUT2D eigenvalue weighted by Crippen LogP contribution is 2.16. The van der Waals surface area contributed by atoms with E-state index in [-0.39, 0.29) is 25.0 Å². The van der Waals surface area contributed by atoms with Gasteiger partial charge in [0, 0.05) is 18.6 Å². The number of aryl methyl sites for hydroxylation is 1. The first kappa shape index (κ1) is 19.8. The van der Waals surface area contributed by atoms with Gasteiger partial charge in [-0.05, 0) is 43.7 Å². The number of carbonyl (C=O) groups excluding carboxylic acids is 2. The van der Waals surface area contributed by atoms with Crippen molar-refractivity contribution in [3.05, 3.63) is 64.7 Å². The fourth-order valence-corrected chi connectivity index (χ4v) is 2.70. The number of nitrogens with zero attached hydrogens (tertiary/aromatic N) is 1. The first-order valence-electron chi connectivity index (χ1n) is 8.35. The van der Waals surface area contributed by atoms with Crippen molar-refractivity contribution in [2.45, 2.75) is 26.4 Å². The first-order valence-corrected chi connectivity index (χ1v) is 8.73. The molecule has 0 aliphatic heterocycles. The van der Waals surface area contributed by atoms with Crippen molar-refractivity contribution in [2.24, 2.45) is 0 Å². The fraction of sp³-hybridized carbons (Fsp3) is 0.300. The van der Waals surface area contributed by atoms with Gasteiger partial charge in [0.2, 0.25) is 5.91 Å². The summed E-state index contributed by atoms with van der Waals surface area (Å²) in [5.74, 6) is 0.0941. The zero-order valence-electron chi connectivity index (χ0n) is 15.2. The highest BCUT2D eigenvalue weighted by molar-refractivity contribution is 6.30. The van der Waals surface area contributed by atoms with Gasteiger partial charge in [0.15, 0.2) is 6.61 Å². The lowest BCUT2D eigenvalue weighted by Gasteiger charge is -2.28. The molecule has 0 saturated heterocycles. The Bertz CT molecular complexity index is 762. The molecule has 0 aliphatic carbocycles. The van der Waals surface area contributed by atoms with E-state index in [1.54, 1.807) is 26.1 Å². The highest BCUT2D eigenvalue weighted by atomic mass is 35.5. The van der Waals surface area contributed by atoms with Crippen LogP contribution in [0.25, 0.3) is 0 Å². The van der Waals surface area contributed by atoms with Crippen LogP contribution in [0.1, 0.15) is 18.1 Å². The second-order valence-electron chi connectivity index (χ2n) is 6.04. The van der Waals surface area contributed by atoms with Crippen molar-refractivity contribution in [3.8, 4) is 5.75 Å². The van der Waals surface area contributed by atoms with Gasteiger partial charge in [-0.25, -0.2) is 0 Å². The lowest BCUT2D eigenvalue weighted by Crippen LogP contribution is -2.48. The van der Waals surface area contributed by atoms with Gasteiger partial charge in [0.05, 0.1) is 0 Å². The summed E-state index contributed by atoms with van der Waals surface area (Å²) >= 11 is 6.02. The highest BCUT2D eigenvalue weighted by Gasteiger charge is 2.25. The first-order chi connectivity index (χ1) is 12.4. The Kier molecular flexibility index (Phi) is 7.04. The largest absolute Gasteiger partial charge is 0.484 e. The van der Waals surface area contributed by atoms with Crippen molar-refractivity contribution in [3.63, 3.8) is 0 Å². The number of ether oxygens (including phenoxy) is 1. The zero-order chi connectivity index (χ0) is 19.1. The molecule has 0 radical (unpaired) electrons. The van der Waals surface area contributed by atoms with Gasteiger partial charge in [0.25, 0.3) is 5.91 Å². The smallest absolute Gasteiger partial charge is 0.261 e. The minimum absolute atomic E-state index is 0.148. The topological polar surface area (TPSA) is 58.6 Å². The van der Waals surface area contributed by atoms with Gasteiger partial charge < -0.3 is 15.0 Å². The van der Waals surface area contributed by atoms with E-state index in [4.69, 9.17) is 16.3 Å². The average molecular weight is 375 g/mol. The average Bonchev–Trinajstić information content (AvgIpc) is 2.64. The van der Waals surface area contributed by atoms with Crippen LogP contribution >= 0.6 is 11.6 Å². The summed E-state index contributed by atoms with van der Waals surface area (Å²) in [6.45, 7) is 3.79. The Morgan fingerprint density at radius 3 is 2.50 bits per heavy atom. The number of likely N-dealkylation sites (N-methyl/N-ethyl adjacent to an activating group) is 1. The van der Waals surface area contributed by atoms with Gasteiger partial charge in [-0.1, -0.05) is 41.4 Å². The Hall–Kier alpha value is -2.53. The van der Waals surface area contributed by atoms with Crippen LogP contribution in [0.3, 0.4) is 0 Å². The number of benzene rings is 2. The van der Waals surface area contributed by atoms with E-state index in [1.807, 2.05) is 43.3 Å². The van der Waals surface area contributed by atoms with Crippen molar-refractivity contribution in [2.75, 3.05) is 13.7 Å². The molecular formula is C20H23ClN2O3. The van der Waals surface area contributed by atoms with E-state index >= 15 is 0 Å². The minimum Gasteiger partial charge on any atom is -0.484 e. The van der Waals surface area contributed by atoms with Crippen molar-refractivity contribution in [1.29, 1.82) is 0 Å². The van der Waals surface area contributed by atoms with Gasteiger partial charge >= 0.3 is 0 Å². The molecule has 6 heteroatoms. The molecule has 0 aliphatic rings. The molecule has 5 nitrogen and oxygen atoms in total. The van der Waals surface area contributed by atoms with Crippen LogP contribution in [-0.2, 0) is 16.1 Å². The van der Waals surface area contributed by atoms with Gasteiger partial charge in [-0.15, -0.1) is 0 Å². The lowest BCUT2D eigenvalue weighted by molar-refractivity contribution is -0.142. The lowest BCUT2D eigenvalue weighted by atomic mass is 10.1. The normalized spacial score (nSPS) is 11.5. The van der Waals surface area contributed by atoms with Crippen LogP contribution in [0, 0.1) is 6.92 Å². The third-order valence-electron chi connectivity index (χ3n) is 4.04. The third kappa shape index (κ3) is 5.49. The second-order valence-corrected chi connectivity index (χ2v) is 6.48. The summed E-state index contributed by atoms with van der Waals surface area (Å²) in [6, 6.07) is 14.0. The second kappa shape index (κ2) is 9.25. The quantitative estimate of drug-likeness (QED) is 0.809. The number of amides is 2. The number of carbonyl (C=O) groups is 2. The summed E-state index contributed by atoms with van der Waals surface area (Å²) in [4.78, 5) is 26.3. The maximum Gasteiger partial charge on any atom is 0.261 e. The molecule has 0 fully saturated rings. The van der Waals surface area contributed by atoms with Crippen LogP contribution in [0.2, 0.25) is 5.02 Å². The number of hydrogen-bond acceptors (Lipinski definition) is 3. The standard InChI is InChI=1S/C20H23ClN2O3/c1-14-7-9-18(10-8-14)26-13-19(24)23(15(2)20(25)22-3)12-16-5-4-6-17(21)11-16/h4-11,15H,12-13H2,1-3H3,(H,22,25)/t15-/m1/s1. The monoisotopic (exact) mass is 374 g/mol. The van der Waals surface area contributed by atoms with Crippen LogP contribution in [-0.4, -0.2) is 36.4 Å². The fourth-order valence-electron chi connectivity index (χ4n) is 2.49. The molecule has 1 N–H and O–H groups in total. The SMILES string of the molecule is CNC(=O)[C@@H](C)N(Cc1cccc(Cl)c1)C(=O)COc1ccc(C)cc1. The van der Waals surface area contributed by atoms with E-state index in [0.717, 1.165) is 11.1 Å². The molecule has 26 heavy (non-hydrogen) atoms. The zero-order valence-corrected chi connectivity index (χ0v) is 15.9. The van der Waals surface area contributed by atoms with E-state index in [0.29, 0.717) is 10.8 Å². The summed E-state index contributed by atoms with van der Waals surface area (Å²) in [5, 5.41) is 3.16.